The average molecular weight is 346 g/mol. The lowest BCUT2D eigenvalue weighted by molar-refractivity contribution is 0.0992. The van der Waals surface area contributed by atoms with E-state index < -0.39 is 0 Å². The lowest BCUT2D eigenvalue weighted by Gasteiger charge is -2.04. The molecule has 0 radical (unpaired) electrons. The van der Waals surface area contributed by atoms with Gasteiger partial charge >= 0.3 is 0 Å². The van der Waals surface area contributed by atoms with Crippen molar-refractivity contribution in [2.24, 2.45) is 0 Å². The van der Waals surface area contributed by atoms with Gasteiger partial charge in [-0.05, 0) is 40.5 Å². The summed E-state index contributed by atoms with van der Waals surface area (Å²) in [7, 11) is 0. The van der Waals surface area contributed by atoms with E-state index in [9.17, 15) is 4.79 Å². The number of fused-ring (bicyclic) bond motifs is 1. The molecule has 3 aromatic rings. The van der Waals surface area contributed by atoms with Gasteiger partial charge in [0.05, 0.1) is 16.6 Å². The molecule has 20 heavy (non-hydrogen) atoms. The van der Waals surface area contributed by atoms with Gasteiger partial charge in [-0.15, -0.1) is 11.3 Å². The van der Waals surface area contributed by atoms with E-state index in [2.05, 4.69) is 20.9 Å². The summed E-state index contributed by atoms with van der Waals surface area (Å²) in [5, 5.41) is 0.865. The fraction of sp³-hybridized carbons (Fsp3) is 0.125. The normalized spacial score (nSPS) is 10.9. The van der Waals surface area contributed by atoms with Crippen molar-refractivity contribution in [3.05, 3.63) is 63.1 Å². The molecule has 0 N–H and O–H groups in total. The SMILES string of the molecule is Cc1cccc(C(=O)Cc2nc3ccccc3s2)c1Br. The first-order valence-electron chi connectivity index (χ1n) is 6.28. The van der Waals surface area contributed by atoms with E-state index in [1.165, 1.54) is 0 Å². The summed E-state index contributed by atoms with van der Waals surface area (Å²) >= 11 is 5.07. The van der Waals surface area contributed by atoms with E-state index in [0.29, 0.717) is 6.42 Å². The van der Waals surface area contributed by atoms with Crippen LogP contribution in [0.3, 0.4) is 0 Å². The Morgan fingerprint density at radius 2 is 2.00 bits per heavy atom. The van der Waals surface area contributed by atoms with Gasteiger partial charge in [-0.1, -0.05) is 30.3 Å². The molecule has 0 aliphatic rings. The maximum atomic E-state index is 12.4. The van der Waals surface area contributed by atoms with Gasteiger partial charge in [0.1, 0.15) is 5.01 Å². The van der Waals surface area contributed by atoms with Crippen LogP contribution in [0.25, 0.3) is 10.2 Å². The second-order valence-corrected chi connectivity index (χ2v) is 6.52. The van der Waals surface area contributed by atoms with Gasteiger partial charge < -0.3 is 0 Å². The molecule has 2 nitrogen and oxygen atoms in total. The Labute approximate surface area is 129 Å². The van der Waals surface area contributed by atoms with Crippen LogP contribution < -0.4 is 0 Å². The second-order valence-electron chi connectivity index (χ2n) is 4.61. The summed E-state index contributed by atoms with van der Waals surface area (Å²) in [5.74, 6) is 0.0969. The topological polar surface area (TPSA) is 30.0 Å². The Morgan fingerprint density at radius 1 is 1.20 bits per heavy atom. The van der Waals surface area contributed by atoms with Gasteiger partial charge in [0.25, 0.3) is 0 Å². The third-order valence-electron chi connectivity index (χ3n) is 3.14. The lowest BCUT2D eigenvalue weighted by Crippen LogP contribution is -2.04. The minimum absolute atomic E-state index is 0.0969. The lowest BCUT2D eigenvalue weighted by atomic mass is 10.1. The van der Waals surface area contributed by atoms with Crippen LogP contribution in [-0.4, -0.2) is 10.8 Å². The number of benzene rings is 2. The molecule has 0 aliphatic heterocycles. The van der Waals surface area contributed by atoms with Crippen molar-refractivity contribution < 1.29 is 4.79 Å². The Bertz CT molecular complexity index is 761. The first-order valence-corrected chi connectivity index (χ1v) is 7.89. The van der Waals surface area contributed by atoms with Gasteiger partial charge in [0.15, 0.2) is 5.78 Å². The van der Waals surface area contributed by atoms with Gasteiger partial charge in [0.2, 0.25) is 0 Å². The van der Waals surface area contributed by atoms with E-state index in [1.54, 1.807) is 11.3 Å². The van der Waals surface area contributed by atoms with Crippen LogP contribution in [-0.2, 0) is 6.42 Å². The van der Waals surface area contributed by atoms with Crippen LogP contribution in [0.5, 0.6) is 0 Å². The molecule has 2 aromatic carbocycles. The van der Waals surface area contributed by atoms with Crippen molar-refractivity contribution in [1.29, 1.82) is 0 Å². The second kappa shape index (κ2) is 5.46. The third-order valence-corrected chi connectivity index (χ3v) is 5.23. The molecule has 0 unspecified atom stereocenters. The standard InChI is InChI=1S/C16H12BrNOS/c1-10-5-4-6-11(16(10)17)13(19)9-15-18-12-7-2-3-8-14(12)20-15/h2-8H,9H2,1H3. The molecule has 0 amide bonds. The van der Waals surface area contributed by atoms with Gasteiger partial charge in [-0.25, -0.2) is 4.98 Å². The number of aryl methyl sites for hydroxylation is 1. The number of aromatic nitrogens is 1. The van der Waals surface area contributed by atoms with Crippen molar-refractivity contribution >= 4 is 43.3 Å². The van der Waals surface area contributed by atoms with Gasteiger partial charge in [-0.3, -0.25) is 4.79 Å². The molecule has 0 aliphatic carbocycles. The monoisotopic (exact) mass is 345 g/mol. The Morgan fingerprint density at radius 3 is 2.80 bits per heavy atom. The zero-order valence-corrected chi connectivity index (χ0v) is 13.3. The summed E-state index contributed by atoms with van der Waals surface area (Å²) in [6.45, 7) is 1.98. The van der Waals surface area contributed by atoms with Gasteiger partial charge in [-0.2, -0.15) is 0 Å². The number of hydrogen-bond acceptors (Lipinski definition) is 3. The maximum absolute atomic E-state index is 12.4. The zero-order chi connectivity index (χ0) is 14.1. The molecule has 0 fully saturated rings. The quantitative estimate of drug-likeness (QED) is 0.638. The van der Waals surface area contributed by atoms with Crippen LogP contribution in [0.15, 0.2) is 46.9 Å². The molecule has 100 valence electrons. The number of Topliss-reactive ketones (excluding diaryl/α,β-unsaturated/α-hetero) is 1. The largest absolute Gasteiger partial charge is 0.294 e. The van der Waals surface area contributed by atoms with Crippen LogP contribution in [0.1, 0.15) is 20.9 Å². The zero-order valence-electron chi connectivity index (χ0n) is 10.9. The molecular formula is C16H12BrNOS. The van der Waals surface area contributed by atoms with E-state index >= 15 is 0 Å². The first kappa shape index (κ1) is 13.5. The highest BCUT2D eigenvalue weighted by molar-refractivity contribution is 9.10. The van der Waals surface area contributed by atoms with Crippen molar-refractivity contribution in [2.45, 2.75) is 13.3 Å². The van der Waals surface area contributed by atoms with Crippen LogP contribution in [0.2, 0.25) is 0 Å². The Balaban J connectivity index is 1.90. The molecule has 1 heterocycles. The minimum Gasteiger partial charge on any atom is -0.294 e. The number of thiazole rings is 1. The Kier molecular flexibility index (Phi) is 3.68. The molecule has 1 aromatic heterocycles. The summed E-state index contributed by atoms with van der Waals surface area (Å²) in [5.41, 5.74) is 2.76. The summed E-state index contributed by atoms with van der Waals surface area (Å²) < 4.78 is 2.00. The Hall–Kier alpha value is -1.52. The number of carbonyl (C=O) groups is 1. The number of rotatable bonds is 3. The molecule has 0 spiro atoms. The van der Waals surface area contributed by atoms with Crippen molar-refractivity contribution in [2.75, 3.05) is 0 Å². The van der Waals surface area contributed by atoms with Crippen molar-refractivity contribution in [1.82, 2.24) is 4.98 Å². The van der Waals surface area contributed by atoms with Crippen LogP contribution >= 0.6 is 27.3 Å². The van der Waals surface area contributed by atoms with Crippen LogP contribution in [0, 0.1) is 6.92 Å². The first-order chi connectivity index (χ1) is 9.65. The summed E-state index contributed by atoms with van der Waals surface area (Å²) in [4.78, 5) is 16.9. The predicted molar refractivity (Wildman–Crippen MR) is 86.5 cm³/mol. The highest BCUT2D eigenvalue weighted by Crippen LogP contribution is 2.25. The van der Waals surface area contributed by atoms with Gasteiger partial charge in [0, 0.05) is 10.0 Å². The molecule has 3 rings (SSSR count). The molecule has 4 heteroatoms. The molecule has 0 saturated heterocycles. The number of carbonyl (C=O) groups excluding carboxylic acids is 1. The highest BCUT2D eigenvalue weighted by Gasteiger charge is 2.14. The molecule has 0 atom stereocenters. The number of nitrogens with zero attached hydrogens (tertiary/aromatic N) is 1. The fourth-order valence-corrected chi connectivity index (χ4v) is 3.54. The summed E-state index contributed by atoms with van der Waals surface area (Å²) in [6, 6.07) is 13.7. The third kappa shape index (κ3) is 2.53. The van der Waals surface area contributed by atoms with E-state index in [0.717, 1.165) is 30.8 Å². The van der Waals surface area contributed by atoms with E-state index in [4.69, 9.17) is 0 Å². The minimum atomic E-state index is 0.0969. The smallest absolute Gasteiger partial charge is 0.170 e. The molecule has 0 bridgehead atoms. The number of para-hydroxylation sites is 1. The molecular weight excluding hydrogens is 334 g/mol. The maximum Gasteiger partial charge on any atom is 0.170 e. The molecule has 0 saturated carbocycles. The van der Waals surface area contributed by atoms with E-state index in [1.807, 2.05) is 49.4 Å². The number of ketones is 1. The average Bonchev–Trinajstić information content (AvgIpc) is 2.83. The highest BCUT2D eigenvalue weighted by atomic mass is 79.9. The summed E-state index contributed by atoms with van der Waals surface area (Å²) in [6.07, 6.45) is 0.349. The van der Waals surface area contributed by atoms with Crippen molar-refractivity contribution in [3.63, 3.8) is 0 Å². The number of halogens is 1. The van der Waals surface area contributed by atoms with E-state index in [-0.39, 0.29) is 5.78 Å². The predicted octanol–water partition coefficient (Wildman–Crippen LogP) is 4.79. The van der Waals surface area contributed by atoms with Crippen molar-refractivity contribution in [3.8, 4) is 0 Å². The fourth-order valence-electron chi connectivity index (χ4n) is 2.09. The van der Waals surface area contributed by atoms with Crippen LogP contribution in [0.4, 0.5) is 0 Å². The number of hydrogen-bond donors (Lipinski definition) is 0.